The van der Waals surface area contributed by atoms with Gasteiger partial charge in [0.05, 0.1) is 5.69 Å². The Hall–Kier alpha value is -0.440. The lowest BCUT2D eigenvalue weighted by atomic mass is 10.2. The number of hydrogen-bond acceptors (Lipinski definition) is 3. The molecule has 62 valence electrons. The van der Waals surface area contributed by atoms with Crippen LogP contribution in [0.1, 0.15) is 31.4 Å². The van der Waals surface area contributed by atoms with Crippen LogP contribution >= 0.6 is 12.6 Å². The van der Waals surface area contributed by atoms with Crippen LogP contribution in [0.2, 0.25) is 0 Å². The number of nitrogens with zero attached hydrogens (tertiary/aromatic N) is 1. The van der Waals surface area contributed by atoms with Crippen molar-refractivity contribution in [3.63, 3.8) is 0 Å². The molecule has 0 aliphatic carbocycles. The van der Waals surface area contributed by atoms with Gasteiger partial charge in [0.15, 0.2) is 5.89 Å². The monoisotopic (exact) mass is 171 g/mol. The van der Waals surface area contributed by atoms with Crippen LogP contribution in [0.5, 0.6) is 0 Å². The molecule has 1 aromatic rings. The molecule has 1 heterocycles. The minimum atomic E-state index is 0.451. The van der Waals surface area contributed by atoms with Crippen LogP contribution in [-0.4, -0.2) is 10.7 Å². The molecule has 0 saturated carbocycles. The van der Waals surface area contributed by atoms with Gasteiger partial charge in [0.25, 0.3) is 0 Å². The summed E-state index contributed by atoms with van der Waals surface area (Å²) in [7, 11) is 0. The standard InChI is InChI=1S/C8H13NOS/c1-6(2)7-5-10-8(9-7)3-4-11/h5-6,11H,3-4H2,1-2H3. The van der Waals surface area contributed by atoms with Gasteiger partial charge in [-0.1, -0.05) is 13.8 Å². The first-order chi connectivity index (χ1) is 5.24. The van der Waals surface area contributed by atoms with Gasteiger partial charge in [-0.3, -0.25) is 0 Å². The summed E-state index contributed by atoms with van der Waals surface area (Å²) in [5.41, 5.74) is 1.03. The van der Waals surface area contributed by atoms with Crippen molar-refractivity contribution >= 4 is 12.6 Å². The zero-order valence-electron chi connectivity index (χ0n) is 6.87. The Morgan fingerprint density at radius 1 is 1.64 bits per heavy atom. The Balaban J connectivity index is 2.66. The van der Waals surface area contributed by atoms with E-state index in [-0.39, 0.29) is 0 Å². The SMILES string of the molecule is CC(C)c1coc(CCS)n1. The molecular formula is C8H13NOS. The Morgan fingerprint density at radius 2 is 2.36 bits per heavy atom. The first-order valence-corrected chi connectivity index (χ1v) is 4.42. The molecule has 3 heteroatoms. The predicted molar refractivity (Wildman–Crippen MR) is 48.1 cm³/mol. The van der Waals surface area contributed by atoms with E-state index in [1.165, 1.54) is 0 Å². The first-order valence-electron chi connectivity index (χ1n) is 3.79. The molecule has 0 amide bonds. The van der Waals surface area contributed by atoms with Crippen molar-refractivity contribution in [2.75, 3.05) is 5.75 Å². The van der Waals surface area contributed by atoms with E-state index in [9.17, 15) is 0 Å². The van der Waals surface area contributed by atoms with Crippen molar-refractivity contribution in [2.24, 2.45) is 0 Å². The third-order valence-corrected chi connectivity index (χ3v) is 1.71. The molecule has 0 aliphatic rings. The Kier molecular flexibility index (Phi) is 3.00. The number of aryl methyl sites for hydroxylation is 1. The van der Waals surface area contributed by atoms with Crippen LogP contribution in [0.4, 0.5) is 0 Å². The summed E-state index contributed by atoms with van der Waals surface area (Å²) in [4.78, 5) is 4.28. The average Bonchev–Trinajstić information content (AvgIpc) is 2.37. The van der Waals surface area contributed by atoms with E-state index < -0.39 is 0 Å². The lowest BCUT2D eigenvalue weighted by Gasteiger charge is -1.94. The van der Waals surface area contributed by atoms with Crippen molar-refractivity contribution in [3.05, 3.63) is 17.8 Å². The predicted octanol–water partition coefficient (Wildman–Crippen LogP) is 2.27. The third-order valence-electron chi connectivity index (χ3n) is 1.49. The molecule has 0 spiro atoms. The number of aromatic nitrogens is 1. The highest BCUT2D eigenvalue weighted by Crippen LogP contribution is 2.13. The molecule has 0 unspecified atom stereocenters. The molecule has 0 bridgehead atoms. The molecule has 2 nitrogen and oxygen atoms in total. The second-order valence-corrected chi connectivity index (χ2v) is 3.24. The van der Waals surface area contributed by atoms with E-state index in [0.717, 1.165) is 23.8 Å². The van der Waals surface area contributed by atoms with Gasteiger partial charge >= 0.3 is 0 Å². The van der Waals surface area contributed by atoms with Gasteiger partial charge in [0.1, 0.15) is 6.26 Å². The van der Waals surface area contributed by atoms with E-state index in [1.54, 1.807) is 6.26 Å². The van der Waals surface area contributed by atoms with Crippen molar-refractivity contribution in [1.29, 1.82) is 0 Å². The van der Waals surface area contributed by atoms with E-state index in [1.807, 2.05) is 0 Å². The second-order valence-electron chi connectivity index (χ2n) is 2.79. The number of hydrogen-bond donors (Lipinski definition) is 1. The topological polar surface area (TPSA) is 26.0 Å². The van der Waals surface area contributed by atoms with Crippen molar-refractivity contribution in [3.8, 4) is 0 Å². The number of oxazole rings is 1. The highest BCUT2D eigenvalue weighted by atomic mass is 32.1. The van der Waals surface area contributed by atoms with Crippen molar-refractivity contribution < 1.29 is 4.42 Å². The van der Waals surface area contributed by atoms with E-state index >= 15 is 0 Å². The zero-order valence-corrected chi connectivity index (χ0v) is 7.77. The fourth-order valence-corrected chi connectivity index (χ4v) is 0.992. The van der Waals surface area contributed by atoms with Crippen LogP contribution in [-0.2, 0) is 6.42 Å². The highest BCUT2D eigenvalue weighted by Gasteiger charge is 2.05. The molecule has 0 saturated heterocycles. The van der Waals surface area contributed by atoms with E-state index in [4.69, 9.17) is 4.42 Å². The number of thiol groups is 1. The molecule has 0 fully saturated rings. The Morgan fingerprint density at radius 3 is 2.82 bits per heavy atom. The number of rotatable bonds is 3. The molecule has 11 heavy (non-hydrogen) atoms. The fourth-order valence-electron chi connectivity index (χ4n) is 0.801. The van der Waals surface area contributed by atoms with Gasteiger partial charge in [-0.05, 0) is 11.7 Å². The van der Waals surface area contributed by atoms with Crippen molar-refractivity contribution in [2.45, 2.75) is 26.2 Å². The van der Waals surface area contributed by atoms with Crippen LogP contribution in [0, 0.1) is 0 Å². The Labute approximate surface area is 72.4 Å². The maximum Gasteiger partial charge on any atom is 0.195 e. The van der Waals surface area contributed by atoms with E-state index in [0.29, 0.717) is 5.92 Å². The van der Waals surface area contributed by atoms with Crippen LogP contribution in [0.25, 0.3) is 0 Å². The summed E-state index contributed by atoms with van der Waals surface area (Å²) >= 11 is 4.09. The zero-order chi connectivity index (χ0) is 8.27. The van der Waals surface area contributed by atoms with Gasteiger partial charge < -0.3 is 4.42 Å². The molecule has 0 aromatic carbocycles. The van der Waals surface area contributed by atoms with E-state index in [2.05, 4.69) is 31.5 Å². The summed E-state index contributed by atoms with van der Waals surface area (Å²) in [5, 5.41) is 0. The fraction of sp³-hybridized carbons (Fsp3) is 0.625. The molecule has 1 aromatic heterocycles. The van der Waals surface area contributed by atoms with Gasteiger partial charge in [0, 0.05) is 6.42 Å². The van der Waals surface area contributed by atoms with Gasteiger partial charge in [0.2, 0.25) is 0 Å². The maximum atomic E-state index is 5.21. The lowest BCUT2D eigenvalue weighted by Crippen LogP contribution is -1.89. The smallest absolute Gasteiger partial charge is 0.195 e. The maximum absolute atomic E-state index is 5.21. The molecule has 0 aliphatic heterocycles. The van der Waals surface area contributed by atoms with Gasteiger partial charge in [-0.2, -0.15) is 12.6 Å². The average molecular weight is 171 g/mol. The largest absolute Gasteiger partial charge is 0.449 e. The summed E-state index contributed by atoms with van der Waals surface area (Å²) in [6, 6.07) is 0. The molecular weight excluding hydrogens is 158 g/mol. The normalized spacial score (nSPS) is 10.9. The van der Waals surface area contributed by atoms with Crippen LogP contribution in [0.3, 0.4) is 0 Å². The van der Waals surface area contributed by atoms with Gasteiger partial charge in [-0.15, -0.1) is 0 Å². The van der Waals surface area contributed by atoms with Gasteiger partial charge in [-0.25, -0.2) is 4.98 Å². The summed E-state index contributed by atoms with van der Waals surface area (Å²) in [5.74, 6) is 2.04. The van der Waals surface area contributed by atoms with Crippen LogP contribution < -0.4 is 0 Å². The molecule has 0 N–H and O–H groups in total. The molecule has 1 rings (SSSR count). The van der Waals surface area contributed by atoms with Crippen LogP contribution in [0.15, 0.2) is 10.7 Å². The summed E-state index contributed by atoms with van der Waals surface area (Å²) < 4.78 is 5.21. The second kappa shape index (κ2) is 3.81. The summed E-state index contributed by atoms with van der Waals surface area (Å²) in [6.07, 6.45) is 2.54. The Bertz CT molecular complexity index is 220. The highest BCUT2D eigenvalue weighted by molar-refractivity contribution is 7.80. The molecule has 0 atom stereocenters. The quantitative estimate of drug-likeness (QED) is 0.706. The molecule has 0 radical (unpaired) electrons. The van der Waals surface area contributed by atoms with Crippen molar-refractivity contribution in [1.82, 2.24) is 4.98 Å². The minimum absolute atomic E-state index is 0.451. The third kappa shape index (κ3) is 2.26. The minimum Gasteiger partial charge on any atom is -0.449 e. The summed E-state index contributed by atoms with van der Waals surface area (Å²) in [6.45, 7) is 4.20. The first kappa shape index (κ1) is 8.65. The lowest BCUT2D eigenvalue weighted by molar-refractivity contribution is 0.502.